The van der Waals surface area contributed by atoms with Crippen LogP contribution < -0.4 is 5.73 Å². The third-order valence-corrected chi connectivity index (χ3v) is 4.90. The summed E-state index contributed by atoms with van der Waals surface area (Å²) in [5.74, 6) is -0.399. The highest BCUT2D eigenvalue weighted by atomic mass is 16.1. The maximum absolute atomic E-state index is 11.9. The quantitative estimate of drug-likeness (QED) is 0.580. The molecule has 28 heavy (non-hydrogen) atoms. The molecule has 1 atom stereocenters. The minimum atomic E-state index is -0.509. The van der Waals surface area contributed by atoms with Crippen LogP contribution in [0.5, 0.6) is 0 Å². The first-order valence-electron chi connectivity index (χ1n) is 9.09. The first kappa shape index (κ1) is 17.7. The molecule has 0 aliphatic carbocycles. The first-order chi connectivity index (χ1) is 13.6. The van der Waals surface area contributed by atoms with E-state index in [1.54, 1.807) is 19.4 Å². The third kappa shape index (κ3) is 3.09. The first-order valence-corrected chi connectivity index (χ1v) is 9.09. The fourth-order valence-corrected chi connectivity index (χ4v) is 3.34. The topological polar surface area (TPSA) is 78.7 Å². The molecule has 2 N–H and O–H groups in total. The van der Waals surface area contributed by atoms with E-state index in [4.69, 9.17) is 5.73 Å². The highest BCUT2D eigenvalue weighted by molar-refractivity contribution is 5.84. The SMILES string of the molecule is Cc1cc(-n2cccn2)ccc1-c1c(-c2ccccc2)ncn1[C@@H](C)C(N)=O. The lowest BCUT2D eigenvalue weighted by atomic mass is 9.99. The molecule has 0 aliphatic rings. The average Bonchev–Trinajstić information content (AvgIpc) is 3.38. The Morgan fingerprint density at radius 3 is 2.54 bits per heavy atom. The van der Waals surface area contributed by atoms with Crippen LogP contribution in [-0.4, -0.2) is 25.2 Å². The number of amides is 1. The Balaban J connectivity index is 1.90. The molecule has 0 unspecified atom stereocenters. The van der Waals surface area contributed by atoms with Crippen molar-refractivity contribution in [3.05, 3.63) is 78.9 Å². The highest BCUT2D eigenvalue weighted by Gasteiger charge is 2.22. The van der Waals surface area contributed by atoms with E-state index in [2.05, 4.69) is 16.1 Å². The molecular weight excluding hydrogens is 350 g/mol. The van der Waals surface area contributed by atoms with E-state index in [1.165, 1.54) is 0 Å². The van der Waals surface area contributed by atoms with Crippen molar-refractivity contribution < 1.29 is 4.79 Å². The summed E-state index contributed by atoms with van der Waals surface area (Å²) in [6.07, 6.45) is 5.34. The highest BCUT2D eigenvalue weighted by Crippen LogP contribution is 2.35. The van der Waals surface area contributed by atoms with Crippen LogP contribution in [0.4, 0.5) is 0 Å². The summed E-state index contributed by atoms with van der Waals surface area (Å²) < 4.78 is 3.67. The van der Waals surface area contributed by atoms with Crippen LogP contribution in [0.1, 0.15) is 18.5 Å². The maximum Gasteiger partial charge on any atom is 0.240 e. The van der Waals surface area contributed by atoms with Gasteiger partial charge in [0.05, 0.1) is 23.4 Å². The number of aryl methyl sites for hydroxylation is 1. The summed E-state index contributed by atoms with van der Waals surface area (Å²) in [6, 6.07) is 17.4. The molecule has 2 aromatic heterocycles. The van der Waals surface area contributed by atoms with Crippen molar-refractivity contribution in [2.24, 2.45) is 5.73 Å². The summed E-state index contributed by atoms with van der Waals surface area (Å²) in [7, 11) is 0. The van der Waals surface area contributed by atoms with Crippen molar-refractivity contribution in [1.82, 2.24) is 19.3 Å². The number of hydrogen-bond acceptors (Lipinski definition) is 3. The molecule has 1 amide bonds. The molecule has 140 valence electrons. The van der Waals surface area contributed by atoms with Gasteiger partial charge in [-0.2, -0.15) is 5.10 Å². The molecule has 0 radical (unpaired) electrons. The second-order valence-electron chi connectivity index (χ2n) is 6.74. The Bertz CT molecular complexity index is 1110. The Kier molecular flexibility index (Phi) is 4.53. The lowest BCUT2D eigenvalue weighted by Crippen LogP contribution is -2.24. The van der Waals surface area contributed by atoms with Gasteiger partial charge < -0.3 is 10.3 Å². The fraction of sp³-hybridized carbons (Fsp3) is 0.136. The predicted molar refractivity (Wildman–Crippen MR) is 109 cm³/mol. The van der Waals surface area contributed by atoms with Gasteiger partial charge >= 0.3 is 0 Å². The van der Waals surface area contributed by atoms with Gasteiger partial charge in [0.25, 0.3) is 0 Å². The summed E-state index contributed by atoms with van der Waals surface area (Å²) in [4.78, 5) is 16.5. The van der Waals surface area contributed by atoms with E-state index in [0.29, 0.717) is 0 Å². The zero-order chi connectivity index (χ0) is 19.7. The second-order valence-corrected chi connectivity index (χ2v) is 6.74. The van der Waals surface area contributed by atoms with Crippen LogP contribution in [0, 0.1) is 6.92 Å². The number of hydrogen-bond donors (Lipinski definition) is 1. The van der Waals surface area contributed by atoms with E-state index >= 15 is 0 Å². The number of benzene rings is 2. The third-order valence-electron chi connectivity index (χ3n) is 4.90. The smallest absolute Gasteiger partial charge is 0.240 e. The molecular formula is C22H21N5O. The van der Waals surface area contributed by atoms with Crippen molar-refractivity contribution in [2.45, 2.75) is 19.9 Å². The van der Waals surface area contributed by atoms with Crippen LogP contribution in [0.3, 0.4) is 0 Å². The Morgan fingerprint density at radius 2 is 1.89 bits per heavy atom. The molecule has 4 aromatic rings. The average molecular weight is 371 g/mol. The van der Waals surface area contributed by atoms with Crippen molar-refractivity contribution >= 4 is 5.91 Å². The zero-order valence-corrected chi connectivity index (χ0v) is 15.8. The van der Waals surface area contributed by atoms with E-state index in [-0.39, 0.29) is 0 Å². The van der Waals surface area contributed by atoms with Gasteiger partial charge in [0.2, 0.25) is 5.91 Å². The molecule has 0 spiro atoms. The van der Waals surface area contributed by atoms with E-state index < -0.39 is 11.9 Å². The Morgan fingerprint density at radius 1 is 1.11 bits per heavy atom. The number of imidazole rings is 1. The number of nitrogens with zero attached hydrogens (tertiary/aromatic N) is 4. The number of carbonyl (C=O) groups is 1. The van der Waals surface area contributed by atoms with Crippen LogP contribution in [0.25, 0.3) is 28.2 Å². The van der Waals surface area contributed by atoms with Gasteiger partial charge in [0.1, 0.15) is 6.04 Å². The second kappa shape index (κ2) is 7.15. The fourth-order valence-electron chi connectivity index (χ4n) is 3.34. The van der Waals surface area contributed by atoms with Gasteiger partial charge in [-0.3, -0.25) is 4.79 Å². The minimum Gasteiger partial charge on any atom is -0.368 e. The van der Waals surface area contributed by atoms with Crippen LogP contribution in [0.15, 0.2) is 73.3 Å². The number of nitrogens with two attached hydrogens (primary N) is 1. The summed E-state index contributed by atoms with van der Waals surface area (Å²) in [6.45, 7) is 3.83. The zero-order valence-electron chi connectivity index (χ0n) is 15.8. The lowest BCUT2D eigenvalue weighted by Gasteiger charge is -2.17. The number of primary amides is 1. The van der Waals surface area contributed by atoms with Crippen LogP contribution in [-0.2, 0) is 4.79 Å². The summed E-state index contributed by atoms with van der Waals surface area (Å²) in [5, 5.41) is 4.29. The molecule has 2 heterocycles. The molecule has 2 aromatic carbocycles. The van der Waals surface area contributed by atoms with Gasteiger partial charge in [-0.25, -0.2) is 9.67 Å². The van der Waals surface area contributed by atoms with Gasteiger partial charge in [-0.15, -0.1) is 0 Å². The van der Waals surface area contributed by atoms with Crippen molar-refractivity contribution in [1.29, 1.82) is 0 Å². The largest absolute Gasteiger partial charge is 0.368 e. The van der Waals surface area contributed by atoms with Crippen molar-refractivity contribution in [3.63, 3.8) is 0 Å². The number of rotatable bonds is 5. The summed E-state index contributed by atoms with van der Waals surface area (Å²) in [5.41, 5.74) is 11.3. The number of aromatic nitrogens is 4. The Hall–Kier alpha value is -3.67. The van der Waals surface area contributed by atoms with Crippen molar-refractivity contribution in [3.8, 4) is 28.2 Å². The van der Waals surface area contributed by atoms with Gasteiger partial charge in [-0.05, 0) is 37.6 Å². The van der Waals surface area contributed by atoms with Gasteiger partial charge in [0.15, 0.2) is 0 Å². The van der Waals surface area contributed by atoms with E-state index in [1.807, 2.05) is 70.9 Å². The standard InChI is InChI=1S/C22H21N5O/c1-15-13-18(27-12-6-11-25-27)9-10-19(15)21-20(17-7-4-3-5-8-17)24-14-26(21)16(2)22(23)28/h3-14,16H,1-2H3,(H2,23,28)/t16-/m0/s1. The molecule has 6 nitrogen and oxygen atoms in total. The van der Waals surface area contributed by atoms with E-state index in [0.717, 1.165) is 33.8 Å². The van der Waals surface area contributed by atoms with Crippen LogP contribution in [0.2, 0.25) is 0 Å². The van der Waals surface area contributed by atoms with Gasteiger partial charge in [0, 0.05) is 23.5 Å². The Labute approximate surface area is 163 Å². The maximum atomic E-state index is 11.9. The van der Waals surface area contributed by atoms with Gasteiger partial charge in [-0.1, -0.05) is 36.4 Å². The molecule has 0 bridgehead atoms. The van der Waals surface area contributed by atoms with Crippen LogP contribution >= 0.6 is 0 Å². The molecule has 4 rings (SSSR count). The minimum absolute atomic E-state index is 0.399. The van der Waals surface area contributed by atoms with E-state index in [9.17, 15) is 4.79 Å². The monoisotopic (exact) mass is 371 g/mol. The molecule has 0 fully saturated rings. The molecule has 0 aliphatic heterocycles. The predicted octanol–water partition coefficient (Wildman–Crippen LogP) is 3.76. The van der Waals surface area contributed by atoms with Crippen molar-refractivity contribution in [2.75, 3.05) is 0 Å². The summed E-state index contributed by atoms with van der Waals surface area (Å²) >= 11 is 0. The number of carbonyl (C=O) groups excluding carboxylic acids is 1. The molecule has 6 heteroatoms. The molecule has 0 saturated heterocycles. The molecule has 0 saturated carbocycles. The lowest BCUT2D eigenvalue weighted by molar-refractivity contribution is -0.120. The normalized spacial score (nSPS) is 12.1.